The van der Waals surface area contributed by atoms with Crippen molar-refractivity contribution in [2.45, 2.75) is 33.2 Å². The number of ether oxygens (including phenoxy) is 1. The molecule has 4 rings (SSSR count). The molecule has 0 spiro atoms. The van der Waals surface area contributed by atoms with Crippen LogP contribution in [0.3, 0.4) is 0 Å². The highest BCUT2D eigenvalue weighted by atomic mass is 16.5. The van der Waals surface area contributed by atoms with Crippen LogP contribution in [0.5, 0.6) is 5.75 Å². The van der Waals surface area contributed by atoms with Gasteiger partial charge in [-0.15, -0.1) is 0 Å². The fourth-order valence-corrected chi connectivity index (χ4v) is 3.66. The van der Waals surface area contributed by atoms with E-state index in [0.717, 1.165) is 22.2 Å². The normalized spacial score (nSPS) is 16.2. The number of nitrogens with zero attached hydrogens (tertiary/aromatic N) is 2. The number of aromatic amines is 1. The van der Waals surface area contributed by atoms with Crippen LogP contribution >= 0.6 is 0 Å². The van der Waals surface area contributed by atoms with Crippen molar-refractivity contribution >= 4 is 22.5 Å². The zero-order chi connectivity index (χ0) is 20.5. The van der Waals surface area contributed by atoms with E-state index in [-0.39, 0.29) is 11.5 Å². The summed E-state index contributed by atoms with van der Waals surface area (Å²) < 4.78 is 5.51. The van der Waals surface area contributed by atoms with Crippen molar-refractivity contribution in [3.63, 3.8) is 0 Å². The van der Waals surface area contributed by atoms with Gasteiger partial charge in [-0.3, -0.25) is 9.59 Å². The first-order valence-corrected chi connectivity index (χ1v) is 9.70. The number of hydrogen-bond donors (Lipinski definition) is 1. The Bertz CT molecular complexity index is 1160. The molecule has 29 heavy (non-hydrogen) atoms. The van der Waals surface area contributed by atoms with Crippen molar-refractivity contribution in [3.8, 4) is 5.75 Å². The Hall–Kier alpha value is -3.41. The molecule has 1 atom stereocenters. The molecule has 0 radical (unpaired) electrons. The maximum atomic E-state index is 12.9. The zero-order valence-corrected chi connectivity index (χ0v) is 16.7. The number of nitrogens with one attached hydrogen (secondary N) is 1. The van der Waals surface area contributed by atoms with Crippen LogP contribution in [0.25, 0.3) is 10.9 Å². The molecule has 148 valence electrons. The summed E-state index contributed by atoms with van der Waals surface area (Å²) in [5, 5.41) is 6.83. The largest absolute Gasteiger partial charge is 0.494 e. The first-order chi connectivity index (χ1) is 14.0. The number of benzene rings is 2. The summed E-state index contributed by atoms with van der Waals surface area (Å²) in [5.74, 6) is 0.517. The monoisotopic (exact) mass is 389 g/mol. The molecule has 0 bridgehead atoms. The lowest BCUT2D eigenvalue weighted by molar-refractivity contribution is -0.130. The zero-order valence-electron chi connectivity index (χ0n) is 16.7. The number of carbonyl (C=O) groups is 1. The number of hydrazone groups is 1. The van der Waals surface area contributed by atoms with Gasteiger partial charge in [0.1, 0.15) is 5.75 Å². The van der Waals surface area contributed by atoms with Gasteiger partial charge in [0, 0.05) is 25.0 Å². The third-order valence-corrected chi connectivity index (χ3v) is 5.13. The van der Waals surface area contributed by atoms with E-state index >= 15 is 0 Å². The maximum absolute atomic E-state index is 12.9. The quantitative estimate of drug-likeness (QED) is 0.735. The molecule has 0 aliphatic carbocycles. The fraction of sp³-hybridized carbons (Fsp3) is 0.261. The van der Waals surface area contributed by atoms with E-state index in [9.17, 15) is 9.59 Å². The number of hydrogen-bond acceptors (Lipinski definition) is 4. The van der Waals surface area contributed by atoms with E-state index in [2.05, 4.69) is 10.1 Å². The summed E-state index contributed by atoms with van der Waals surface area (Å²) in [6.07, 6.45) is 0.494. The molecule has 0 saturated heterocycles. The average molecular weight is 389 g/mol. The highest BCUT2D eigenvalue weighted by Gasteiger charge is 2.33. The molecule has 2 aromatic carbocycles. The highest BCUT2D eigenvalue weighted by molar-refractivity contribution is 6.03. The highest BCUT2D eigenvalue weighted by Crippen LogP contribution is 2.32. The molecule has 0 saturated carbocycles. The van der Waals surface area contributed by atoms with Gasteiger partial charge in [0.05, 0.1) is 23.9 Å². The summed E-state index contributed by atoms with van der Waals surface area (Å²) in [6, 6.07) is 15.0. The lowest BCUT2D eigenvalue weighted by Gasteiger charge is -2.20. The summed E-state index contributed by atoms with van der Waals surface area (Å²) in [5.41, 5.74) is 3.94. The van der Waals surface area contributed by atoms with Gasteiger partial charge in [0.25, 0.3) is 5.56 Å². The van der Waals surface area contributed by atoms with E-state index in [4.69, 9.17) is 4.74 Å². The predicted octanol–water partition coefficient (Wildman–Crippen LogP) is 3.93. The maximum Gasteiger partial charge on any atom is 0.253 e. The molecule has 6 nitrogen and oxygen atoms in total. The van der Waals surface area contributed by atoms with Gasteiger partial charge < -0.3 is 9.72 Å². The van der Waals surface area contributed by atoms with Gasteiger partial charge in [-0.05, 0) is 43.0 Å². The van der Waals surface area contributed by atoms with Gasteiger partial charge in [-0.1, -0.05) is 29.8 Å². The van der Waals surface area contributed by atoms with Crippen molar-refractivity contribution in [3.05, 3.63) is 75.6 Å². The molecular weight excluding hydrogens is 366 g/mol. The van der Waals surface area contributed by atoms with Crippen molar-refractivity contribution in [1.29, 1.82) is 0 Å². The van der Waals surface area contributed by atoms with Crippen molar-refractivity contribution in [1.82, 2.24) is 9.99 Å². The van der Waals surface area contributed by atoms with Crippen LogP contribution in [-0.4, -0.2) is 28.2 Å². The Morgan fingerprint density at radius 3 is 2.66 bits per heavy atom. The number of rotatable bonds is 4. The van der Waals surface area contributed by atoms with Gasteiger partial charge in [-0.25, -0.2) is 5.01 Å². The minimum absolute atomic E-state index is 0.191. The van der Waals surface area contributed by atoms with Crippen LogP contribution in [0, 0.1) is 6.92 Å². The summed E-state index contributed by atoms with van der Waals surface area (Å²) in [6.45, 7) is 5.97. The number of amides is 1. The Labute approximate surface area is 168 Å². The first-order valence-electron chi connectivity index (χ1n) is 9.70. The third kappa shape index (κ3) is 3.66. The Morgan fingerprint density at radius 2 is 1.97 bits per heavy atom. The second kappa shape index (κ2) is 7.54. The summed E-state index contributed by atoms with van der Waals surface area (Å²) in [4.78, 5) is 28.0. The third-order valence-electron chi connectivity index (χ3n) is 5.13. The van der Waals surface area contributed by atoms with E-state index in [1.54, 1.807) is 0 Å². The van der Waals surface area contributed by atoms with Gasteiger partial charge in [0.15, 0.2) is 0 Å². The number of aromatic nitrogens is 1. The van der Waals surface area contributed by atoms with Crippen LogP contribution in [0.1, 0.15) is 43.0 Å². The first kappa shape index (κ1) is 18.9. The SMILES string of the molecule is CCOc1ccc2cc([C@@H]3CC(c4ccc(C)cc4)=NN3C(C)=O)c(=O)[nH]c2c1. The smallest absolute Gasteiger partial charge is 0.253 e. The molecule has 0 unspecified atom stereocenters. The lowest BCUT2D eigenvalue weighted by atomic mass is 9.98. The fourth-order valence-electron chi connectivity index (χ4n) is 3.66. The molecule has 1 aliphatic heterocycles. The predicted molar refractivity (Wildman–Crippen MR) is 113 cm³/mol. The van der Waals surface area contributed by atoms with Crippen LogP contribution in [-0.2, 0) is 4.79 Å². The van der Waals surface area contributed by atoms with Crippen LogP contribution in [0.2, 0.25) is 0 Å². The standard InChI is InChI=1S/C23H23N3O3/c1-4-29-18-10-9-17-11-19(23(28)24-20(17)12-18)22-13-21(25-26(22)15(3)27)16-7-5-14(2)6-8-16/h5-12,22H,4,13H2,1-3H3,(H,24,28)/t22-/m0/s1. The molecule has 1 N–H and O–H groups in total. The van der Waals surface area contributed by atoms with E-state index < -0.39 is 6.04 Å². The topological polar surface area (TPSA) is 74.8 Å². The van der Waals surface area contributed by atoms with Gasteiger partial charge in [0.2, 0.25) is 5.91 Å². The molecule has 3 aromatic rings. The minimum Gasteiger partial charge on any atom is -0.494 e. The number of pyridine rings is 1. The average Bonchev–Trinajstić information content (AvgIpc) is 3.13. The number of carbonyl (C=O) groups excluding carboxylic acids is 1. The van der Waals surface area contributed by atoms with E-state index in [0.29, 0.717) is 29.9 Å². The molecule has 2 heterocycles. The minimum atomic E-state index is -0.427. The van der Waals surface area contributed by atoms with Gasteiger partial charge >= 0.3 is 0 Å². The molecule has 0 fully saturated rings. The van der Waals surface area contributed by atoms with Crippen molar-refractivity contribution < 1.29 is 9.53 Å². The van der Waals surface area contributed by atoms with Crippen molar-refractivity contribution in [2.24, 2.45) is 5.10 Å². The molecule has 6 heteroatoms. The van der Waals surface area contributed by atoms with Crippen LogP contribution in [0.15, 0.2) is 58.4 Å². The second-order valence-corrected chi connectivity index (χ2v) is 7.23. The van der Waals surface area contributed by atoms with Crippen molar-refractivity contribution in [2.75, 3.05) is 6.61 Å². The number of H-pyrrole nitrogens is 1. The van der Waals surface area contributed by atoms with E-state index in [1.807, 2.05) is 62.4 Å². The van der Waals surface area contributed by atoms with Gasteiger partial charge in [-0.2, -0.15) is 5.10 Å². The van der Waals surface area contributed by atoms with Crippen LogP contribution in [0.4, 0.5) is 0 Å². The summed E-state index contributed by atoms with van der Waals surface area (Å²) >= 11 is 0. The number of aryl methyl sites for hydroxylation is 1. The van der Waals surface area contributed by atoms with E-state index in [1.165, 1.54) is 11.9 Å². The number of fused-ring (bicyclic) bond motifs is 1. The molecule has 1 aliphatic rings. The Kier molecular flexibility index (Phi) is 4.92. The molecule has 1 aromatic heterocycles. The molecular formula is C23H23N3O3. The lowest BCUT2D eigenvalue weighted by Crippen LogP contribution is -2.29. The Balaban J connectivity index is 1.73. The van der Waals surface area contributed by atoms with Crippen LogP contribution < -0.4 is 10.3 Å². The Morgan fingerprint density at radius 1 is 1.21 bits per heavy atom. The summed E-state index contributed by atoms with van der Waals surface area (Å²) in [7, 11) is 0. The second-order valence-electron chi connectivity index (χ2n) is 7.23. The molecule has 1 amide bonds.